The fraction of sp³-hybridized carbons (Fsp3) is 0.545. The average Bonchev–Trinajstić information content (AvgIpc) is 3.07. The van der Waals surface area contributed by atoms with Gasteiger partial charge in [-0.1, -0.05) is 0 Å². The second-order valence-electron chi connectivity index (χ2n) is 4.27. The first kappa shape index (κ1) is 17.4. The molecule has 1 fully saturated rings. The number of nitrogens with zero attached hydrogens (tertiary/aromatic N) is 1. The van der Waals surface area contributed by atoms with Crippen LogP contribution < -0.4 is 5.32 Å². The van der Waals surface area contributed by atoms with Gasteiger partial charge in [0.15, 0.2) is 0 Å². The van der Waals surface area contributed by atoms with Gasteiger partial charge in [0.05, 0.1) is 7.11 Å². The monoisotopic (exact) mass is 340 g/mol. The highest BCUT2D eigenvalue weighted by atomic mass is 35.5. The number of sulfonamides is 1. The molecule has 20 heavy (non-hydrogen) atoms. The molecular formula is C11H17ClN2O4S2. The van der Waals surface area contributed by atoms with Crippen LogP contribution in [0.1, 0.15) is 16.1 Å². The lowest BCUT2D eigenvalue weighted by molar-refractivity contribution is 0.0602. The molecule has 114 valence electrons. The predicted octanol–water partition coefficient (Wildman–Crippen LogP) is 0.939. The molecule has 1 aromatic heterocycles. The Bertz CT molecular complexity index is 567. The third kappa shape index (κ3) is 3.15. The van der Waals surface area contributed by atoms with Crippen molar-refractivity contribution in [1.29, 1.82) is 0 Å². The van der Waals surface area contributed by atoms with E-state index in [1.54, 1.807) is 12.4 Å². The van der Waals surface area contributed by atoms with E-state index < -0.39 is 16.0 Å². The van der Waals surface area contributed by atoms with E-state index in [0.717, 1.165) is 24.3 Å². The molecule has 0 aliphatic carbocycles. The maximum Gasteiger partial charge on any atom is 0.349 e. The smallest absolute Gasteiger partial charge is 0.349 e. The molecule has 0 aromatic carbocycles. The zero-order valence-corrected chi connectivity index (χ0v) is 13.6. The van der Waals surface area contributed by atoms with Crippen molar-refractivity contribution < 1.29 is 17.9 Å². The number of methoxy groups -OCH3 is 1. The predicted molar refractivity (Wildman–Crippen MR) is 79.1 cm³/mol. The lowest BCUT2D eigenvalue weighted by Gasteiger charge is -2.22. The number of likely N-dealkylation sites (N-methyl/N-ethyl adjacent to an activating group) is 1. The SMILES string of the molecule is COC(=O)c1sccc1S(=O)(=O)N(C)C1CCNC1.Cl. The Morgan fingerprint density at radius 1 is 1.55 bits per heavy atom. The Kier molecular flexibility index (Phi) is 5.96. The van der Waals surface area contributed by atoms with Crippen LogP contribution in [-0.4, -0.2) is 52.0 Å². The zero-order chi connectivity index (χ0) is 14.0. The molecule has 1 N–H and O–H groups in total. The molecule has 0 radical (unpaired) electrons. The summed E-state index contributed by atoms with van der Waals surface area (Å²) in [6, 6.07) is 1.38. The van der Waals surface area contributed by atoms with Crippen LogP contribution in [0.15, 0.2) is 16.3 Å². The molecule has 9 heteroatoms. The lowest BCUT2D eigenvalue weighted by atomic mass is 10.3. The molecule has 2 heterocycles. The summed E-state index contributed by atoms with van der Waals surface area (Å²) in [5.74, 6) is -0.619. The Hall–Kier alpha value is -0.670. The third-order valence-corrected chi connectivity index (χ3v) is 6.18. The van der Waals surface area contributed by atoms with Crippen LogP contribution >= 0.6 is 23.7 Å². The summed E-state index contributed by atoms with van der Waals surface area (Å²) in [4.78, 5) is 11.7. The van der Waals surface area contributed by atoms with Crippen molar-refractivity contribution in [3.63, 3.8) is 0 Å². The van der Waals surface area contributed by atoms with Crippen LogP contribution in [0.4, 0.5) is 0 Å². The molecule has 1 unspecified atom stereocenters. The maximum atomic E-state index is 12.5. The van der Waals surface area contributed by atoms with Gasteiger partial charge in [0.1, 0.15) is 9.77 Å². The van der Waals surface area contributed by atoms with Crippen LogP contribution in [0.2, 0.25) is 0 Å². The highest BCUT2D eigenvalue weighted by Gasteiger charge is 2.33. The molecule has 2 rings (SSSR count). The van der Waals surface area contributed by atoms with Crippen LogP contribution in [-0.2, 0) is 14.8 Å². The van der Waals surface area contributed by atoms with Gasteiger partial charge in [-0.05, 0) is 24.4 Å². The Morgan fingerprint density at radius 3 is 2.80 bits per heavy atom. The summed E-state index contributed by atoms with van der Waals surface area (Å²) in [5.41, 5.74) is 0. The Morgan fingerprint density at radius 2 is 2.25 bits per heavy atom. The molecular weight excluding hydrogens is 324 g/mol. The minimum atomic E-state index is -3.66. The summed E-state index contributed by atoms with van der Waals surface area (Å²) in [6.45, 7) is 1.44. The number of halogens is 1. The van der Waals surface area contributed by atoms with Crippen molar-refractivity contribution in [2.75, 3.05) is 27.2 Å². The summed E-state index contributed by atoms with van der Waals surface area (Å²) >= 11 is 1.07. The number of esters is 1. The van der Waals surface area contributed by atoms with Crippen molar-refractivity contribution in [3.05, 3.63) is 16.3 Å². The molecule has 0 saturated carbocycles. The number of nitrogens with one attached hydrogen (secondary N) is 1. The van der Waals surface area contributed by atoms with Gasteiger partial charge in [-0.2, -0.15) is 4.31 Å². The van der Waals surface area contributed by atoms with Gasteiger partial charge < -0.3 is 10.1 Å². The fourth-order valence-corrected chi connectivity index (χ4v) is 4.73. The quantitative estimate of drug-likeness (QED) is 0.825. The van der Waals surface area contributed by atoms with Crippen LogP contribution in [0, 0.1) is 0 Å². The van der Waals surface area contributed by atoms with Crippen molar-refractivity contribution >= 4 is 39.7 Å². The summed E-state index contributed by atoms with van der Waals surface area (Å²) in [7, 11) is -0.875. The molecule has 1 atom stereocenters. The summed E-state index contributed by atoms with van der Waals surface area (Å²) < 4.78 is 31.0. The first-order chi connectivity index (χ1) is 8.98. The first-order valence-corrected chi connectivity index (χ1v) is 8.15. The normalized spacial score (nSPS) is 18.9. The van der Waals surface area contributed by atoms with E-state index in [4.69, 9.17) is 0 Å². The number of carbonyl (C=O) groups is 1. The van der Waals surface area contributed by atoms with Gasteiger partial charge >= 0.3 is 5.97 Å². The molecule has 0 amide bonds. The number of thiophene rings is 1. The highest BCUT2D eigenvalue weighted by molar-refractivity contribution is 7.89. The first-order valence-electron chi connectivity index (χ1n) is 5.83. The van der Waals surface area contributed by atoms with E-state index in [9.17, 15) is 13.2 Å². The highest BCUT2D eigenvalue weighted by Crippen LogP contribution is 2.27. The van der Waals surface area contributed by atoms with Crippen molar-refractivity contribution in [2.45, 2.75) is 17.4 Å². The van der Waals surface area contributed by atoms with Crippen molar-refractivity contribution in [2.24, 2.45) is 0 Å². The number of carbonyl (C=O) groups excluding carboxylic acids is 1. The molecule has 6 nitrogen and oxygen atoms in total. The number of hydrogen-bond acceptors (Lipinski definition) is 6. The van der Waals surface area contributed by atoms with Gasteiger partial charge in [-0.25, -0.2) is 13.2 Å². The molecule has 0 bridgehead atoms. The van der Waals surface area contributed by atoms with Gasteiger partial charge in [0.25, 0.3) is 0 Å². The van der Waals surface area contributed by atoms with Crippen LogP contribution in [0.3, 0.4) is 0 Å². The zero-order valence-electron chi connectivity index (χ0n) is 11.2. The molecule has 1 aliphatic heterocycles. The van der Waals surface area contributed by atoms with E-state index in [-0.39, 0.29) is 28.2 Å². The number of ether oxygens (including phenoxy) is 1. The largest absolute Gasteiger partial charge is 0.465 e. The van der Waals surface area contributed by atoms with E-state index >= 15 is 0 Å². The molecule has 1 saturated heterocycles. The van der Waals surface area contributed by atoms with Crippen molar-refractivity contribution in [1.82, 2.24) is 9.62 Å². The standard InChI is InChI=1S/C11H16N2O4S2.ClH/c1-13(8-3-5-12-7-8)19(15,16)9-4-6-18-10(9)11(14)17-2;/h4,6,8,12H,3,5,7H2,1-2H3;1H. The number of hydrogen-bond donors (Lipinski definition) is 1. The van der Waals surface area contributed by atoms with E-state index in [1.807, 2.05) is 0 Å². The third-order valence-electron chi connectivity index (χ3n) is 3.21. The molecule has 1 aromatic rings. The van der Waals surface area contributed by atoms with E-state index in [0.29, 0.717) is 6.54 Å². The maximum absolute atomic E-state index is 12.5. The van der Waals surface area contributed by atoms with Crippen LogP contribution in [0.5, 0.6) is 0 Å². The minimum Gasteiger partial charge on any atom is -0.465 e. The van der Waals surface area contributed by atoms with Crippen LogP contribution in [0.25, 0.3) is 0 Å². The summed E-state index contributed by atoms with van der Waals surface area (Å²) in [6.07, 6.45) is 0.771. The Balaban J connectivity index is 0.00000200. The van der Waals surface area contributed by atoms with Crippen molar-refractivity contribution in [3.8, 4) is 0 Å². The average molecular weight is 341 g/mol. The summed E-state index contributed by atoms with van der Waals surface area (Å²) in [5, 5.41) is 4.71. The number of rotatable bonds is 4. The molecule has 0 spiro atoms. The topological polar surface area (TPSA) is 75.7 Å². The second-order valence-corrected chi connectivity index (χ2v) is 7.16. The second kappa shape index (κ2) is 6.86. The van der Waals surface area contributed by atoms with Gasteiger partial charge in [0, 0.05) is 19.6 Å². The fourth-order valence-electron chi connectivity index (χ4n) is 2.04. The minimum absolute atomic E-state index is 0. The molecule has 1 aliphatic rings. The van der Waals surface area contributed by atoms with Gasteiger partial charge in [-0.3, -0.25) is 0 Å². The van der Waals surface area contributed by atoms with E-state index in [1.165, 1.54) is 17.5 Å². The van der Waals surface area contributed by atoms with E-state index in [2.05, 4.69) is 10.1 Å². The Labute approximate surface area is 128 Å². The van der Waals surface area contributed by atoms with Gasteiger partial charge in [0.2, 0.25) is 10.0 Å². The van der Waals surface area contributed by atoms with Gasteiger partial charge in [-0.15, -0.1) is 23.7 Å². The lowest BCUT2D eigenvalue weighted by Crippen LogP contribution is -2.38.